The molecule has 3 N–H and O–H groups in total. The van der Waals surface area contributed by atoms with Gasteiger partial charge in [-0.3, -0.25) is 38.6 Å². The molecule has 0 aromatic heterocycles. The highest BCUT2D eigenvalue weighted by molar-refractivity contribution is 6.15. The second kappa shape index (κ2) is 8.36. The van der Waals surface area contributed by atoms with Gasteiger partial charge in [-0.1, -0.05) is 0 Å². The normalized spacial score (nSPS) is 18.3. The van der Waals surface area contributed by atoms with Crippen LogP contribution in [0, 0.1) is 0 Å². The van der Waals surface area contributed by atoms with E-state index in [0.29, 0.717) is 4.90 Å². The molecular weight excluding hydrogens is 360 g/mol. The zero-order chi connectivity index (χ0) is 20.1. The highest BCUT2D eigenvalue weighted by Crippen LogP contribution is 2.16. The molecule has 2 aliphatic heterocycles. The molecule has 11 nitrogen and oxygen atoms in total. The molecule has 0 aromatic rings. The lowest BCUT2D eigenvalue weighted by atomic mass is 10.0. The Morgan fingerprint density at radius 2 is 1.52 bits per heavy atom. The van der Waals surface area contributed by atoms with Crippen molar-refractivity contribution < 1.29 is 33.9 Å². The van der Waals surface area contributed by atoms with Crippen LogP contribution in [0.3, 0.4) is 0 Å². The maximum absolute atomic E-state index is 12.6. The molecule has 11 heteroatoms. The third-order valence-electron chi connectivity index (χ3n) is 3.85. The summed E-state index contributed by atoms with van der Waals surface area (Å²) in [4.78, 5) is 73.4. The average molecular weight is 378 g/mol. The molecular formula is C16H18N4O7. The summed E-state index contributed by atoms with van der Waals surface area (Å²) >= 11 is 0. The summed E-state index contributed by atoms with van der Waals surface area (Å²) in [6.07, 6.45) is 3.99. The summed E-state index contributed by atoms with van der Waals surface area (Å²) in [5.74, 6) is -4.29. The Bertz CT molecular complexity index is 722. The number of hydrogen-bond acceptors (Lipinski definition) is 7. The van der Waals surface area contributed by atoms with Gasteiger partial charge in [-0.2, -0.15) is 0 Å². The number of carbonyl (C=O) groups is 6. The Balaban J connectivity index is 2.36. The van der Waals surface area contributed by atoms with Crippen molar-refractivity contribution in [2.45, 2.75) is 19.0 Å². The molecule has 6 amide bonds. The van der Waals surface area contributed by atoms with E-state index in [1.807, 2.05) is 0 Å². The first-order valence-electron chi connectivity index (χ1n) is 8.00. The third-order valence-corrected chi connectivity index (χ3v) is 3.85. The molecule has 0 bridgehead atoms. The van der Waals surface area contributed by atoms with Crippen LogP contribution < -0.4 is 10.6 Å². The molecule has 2 aliphatic rings. The fourth-order valence-corrected chi connectivity index (χ4v) is 2.74. The third kappa shape index (κ3) is 4.44. The monoisotopic (exact) mass is 378 g/mol. The average Bonchev–Trinajstić information content (AvgIpc) is 3.09. The van der Waals surface area contributed by atoms with Gasteiger partial charge in [0.2, 0.25) is 11.8 Å². The number of rotatable bonds is 8. The number of aliphatic hydroxyl groups is 1. The lowest BCUT2D eigenvalue weighted by Gasteiger charge is -2.34. The number of nitrogens with zero attached hydrogens (tertiary/aromatic N) is 2. The Kier molecular flexibility index (Phi) is 6.19. The van der Waals surface area contributed by atoms with Crippen LogP contribution in [-0.4, -0.2) is 82.1 Å². The first-order valence-corrected chi connectivity index (χ1v) is 8.00. The van der Waals surface area contributed by atoms with Gasteiger partial charge in [0.25, 0.3) is 23.6 Å². The number of hydrogen-bond donors (Lipinski definition) is 3. The Labute approximate surface area is 153 Å². The van der Waals surface area contributed by atoms with Crippen molar-refractivity contribution in [2.75, 3.05) is 19.7 Å². The van der Waals surface area contributed by atoms with Crippen molar-refractivity contribution in [1.82, 2.24) is 20.4 Å². The SMILES string of the molecule is CC(=O)NC(CN1C(=O)C=CC1=O)C(C(=O)NCCO)N1C(=O)C=CC1=O. The van der Waals surface area contributed by atoms with E-state index in [1.54, 1.807) is 0 Å². The Morgan fingerprint density at radius 3 is 2.00 bits per heavy atom. The summed E-state index contributed by atoms with van der Waals surface area (Å²) in [5.41, 5.74) is 0. The van der Waals surface area contributed by atoms with Crippen LogP contribution in [0.2, 0.25) is 0 Å². The first kappa shape index (κ1) is 20.0. The topological polar surface area (TPSA) is 153 Å². The molecule has 0 aliphatic carbocycles. The van der Waals surface area contributed by atoms with Crippen LogP contribution >= 0.6 is 0 Å². The fraction of sp³-hybridized carbons (Fsp3) is 0.375. The summed E-state index contributed by atoms with van der Waals surface area (Å²) in [6.45, 7) is 0.164. The van der Waals surface area contributed by atoms with Crippen LogP contribution in [0.5, 0.6) is 0 Å². The van der Waals surface area contributed by atoms with E-state index in [1.165, 1.54) is 0 Å². The summed E-state index contributed by atoms with van der Waals surface area (Å²) < 4.78 is 0. The number of amides is 6. The van der Waals surface area contributed by atoms with E-state index in [0.717, 1.165) is 36.1 Å². The van der Waals surface area contributed by atoms with E-state index in [4.69, 9.17) is 5.11 Å². The predicted octanol–water partition coefficient (Wildman–Crippen LogP) is -3.18. The van der Waals surface area contributed by atoms with E-state index in [9.17, 15) is 28.8 Å². The van der Waals surface area contributed by atoms with E-state index in [2.05, 4.69) is 10.6 Å². The van der Waals surface area contributed by atoms with Crippen molar-refractivity contribution in [1.29, 1.82) is 0 Å². The van der Waals surface area contributed by atoms with Crippen molar-refractivity contribution in [2.24, 2.45) is 0 Å². The zero-order valence-corrected chi connectivity index (χ0v) is 14.4. The van der Waals surface area contributed by atoms with Crippen LogP contribution in [-0.2, 0) is 28.8 Å². The minimum Gasteiger partial charge on any atom is -0.395 e. The van der Waals surface area contributed by atoms with Crippen LogP contribution in [0.15, 0.2) is 24.3 Å². The molecule has 27 heavy (non-hydrogen) atoms. The van der Waals surface area contributed by atoms with Gasteiger partial charge in [0.15, 0.2) is 0 Å². The number of imide groups is 2. The van der Waals surface area contributed by atoms with Gasteiger partial charge in [-0.05, 0) is 0 Å². The quantitative estimate of drug-likeness (QED) is 0.376. The maximum atomic E-state index is 12.6. The van der Waals surface area contributed by atoms with Crippen molar-refractivity contribution in [3.8, 4) is 0 Å². The second-order valence-electron chi connectivity index (χ2n) is 5.77. The smallest absolute Gasteiger partial charge is 0.254 e. The van der Waals surface area contributed by atoms with Crippen LogP contribution in [0.4, 0.5) is 0 Å². The molecule has 2 heterocycles. The molecule has 2 atom stereocenters. The van der Waals surface area contributed by atoms with E-state index >= 15 is 0 Å². The molecule has 0 aromatic carbocycles. The summed E-state index contributed by atoms with van der Waals surface area (Å²) in [7, 11) is 0. The summed E-state index contributed by atoms with van der Waals surface area (Å²) in [5, 5.41) is 13.6. The fourth-order valence-electron chi connectivity index (χ4n) is 2.74. The largest absolute Gasteiger partial charge is 0.395 e. The standard InChI is InChI=1S/C16H18N4O7/c1-9(22)18-10(8-19-11(23)2-3-12(19)24)15(16(27)17-6-7-21)20-13(25)4-5-14(20)26/h2-5,10,15,21H,6-8H2,1H3,(H,17,27)(H,18,22). The van der Waals surface area contributed by atoms with Gasteiger partial charge in [-0.25, -0.2) is 0 Å². The van der Waals surface area contributed by atoms with Crippen molar-refractivity contribution in [3.63, 3.8) is 0 Å². The van der Waals surface area contributed by atoms with Gasteiger partial charge in [0.05, 0.1) is 19.2 Å². The van der Waals surface area contributed by atoms with Crippen LogP contribution in [0.1, 0.15) is 6.92 Å². The number of aliphatic hydroxyl groups excluding tert-OH is 1. The van der Waals surface area contributed by atoms with Crippen molar-refractivity contribution >= 4 is 35.4 Å². The van der Waals surface area contributed by atoms with Gasteiger partial charge in [-0.15, -0.1) is 0 Å². The van der Waals surface area contributed by atoms with Gasteiger partial charge < -0.3 is 15.7 Å². The molecule has 144 valence electrons. The molecule has 2 unspecified atom stereocenters. The lowest BCUT2D eigenvalue weighted by molar-refractivity contribution is -0.148. The lowest BCUT2D eigenvalue weighted by Crippen LogP contribution is -2.63. The molecule has 0 spiro atoms. The Morgan fingerprint density at radius 1 is 1.00 bits per heavy atom. The molecule has 0 saturated carbocycles. The second-order valence-corrected chi connectivity index (χ2v) is 5.77. The molecule has 2 rings (SSSR count). The van der Waals surface area contributed by atoms with Crippen molar-refractivity contribution in [3.05, 3.63) is 24.3 Å². The van der Waals surface area contributed by atoms with Gasteiger partial charge in [0, 0.05) is 37.8 Å². The summed E-state index contributed by atoms with van der Waals surface area (Å²) in [6, 6.07) is -2.78. The predicted molar refractivity (Wildman–Crippen MR) is 88.3 cm³/mol. The van der Waals surface area contributed by atoms with Gasteiger partial charge >= 0.3 is 0 Å². The minimum absolute atomic E-state index is 0.158. The molecule has 0 radical (unpaired) electrons. The number of carbonyl (C=O) groups excluding carboxylic acids is 6. The number of nitrogens with one attached hydrogen (secondary N) is 2. The highest BCUT2D eigenvalue weighted by atomic mass is 16.3. The van der Waals surface area contributed by atoms with E-state index < -0.39 is 60.7 Å². The first-order chi connectivity index (χ1) is 12.8. The highest BCUT2D eigenvalue weighted by Gasteiger charge is 2.43. The van der Waals surface area contributed by atoms with Gasteiger partial charge in [0.1, 0.15) is 6.04 Å². The Hall–Kier alpha value is -3.34. The maximum Gasteiger partial charge on any atom is 0.254 e. The zero-order valence-electron chi connectivity index (χ0n) is 14.4. The minimum atomic E-state index is -1.53. The molecule has 0 fully saturated rings. The van der Waals surface area contributed by atoms with E-state index in [-0.39, 0.29) is 6.54 Å². The van der Waals surface area contributed by atoms with Crippen LogP contribution in [0.25, 0.3) is 0 Å². The molecule has 0 saturated heterocycles.